The number of carbonyl (C=O) groups is 1. The average molecular weight is 444 g/mol. The molecule has 1 aliphatic heterocycles. The van der Waals surface area contributed by atoms with E-state index in [9.17, 15) is 13.2 Å². The molecule has 0 bridgehead atoms. The van der Waals surface area contributed by atoms with Crippen molar-refractivity contribution >= 4 is 44.7 Å². The molecule has 11 heteroatoms. The fraction of sp³-hybridized carbons (Fsp3) is 0.471. The van der Waals surface area contributed by atoms with E-state index in [2.05, 4.69) is 14.9 Å². The highest BCUT2D eigenvalue weighted by Crippen LogP contribution is 2.27. The SMILES string of the molecule is Cc1cc(N2CCN(C(=O)CN(C)S(=O)(=O)c3ccc(Cl)s3)CC2)nc(C)n1. The number of nitrogens with zero attached hydrogens (tertiary/aromatic N) is 5. The lowest BCUT2D eigenvalue weighted by molar-refractivity contribution is -0.131. The maximum Gasteiger partial charge on any atom is 0.252 e. The summed E-state index contributed by atoms with van der Waals surface area (Å²) in [4.78, 5) is 25.1. The van der Waals surface area contributed by atoms with Gasteiger partial charge in [-0.05, 0) is 26.0 Å². The molecule has 0 saturated carbocycles. The molecule has 2 aromatic rings. The van der Waals surface area contributed by atoms with Crippen molar-refractivity contribution in [1.29, 1.82) is 0 Å². The Bertz CT molecular complexity index is 951. The first-order valence-electron chi connectivity index (χ1n) is 8.73. The molecule has 0 N–H and O–H groups in total. The molecular formula is C17H22ClN5O3S2. The number of piperazine rings is 1. The van der Waals surface area contributed by atoms with Crippen molar-refractivity contribution in [2.24, 2.45) is 0 Å². The largest absolute Gasteiger partial charge is 0.353 e. The molecule has 1 amide bonds. The van der Waals surface area contributed by atoms with Crippen LogP contribution in [-0.2, 0) is 14.8 Å². The van der Waals surface area contributed by atoms with E-state index < -0.39 is 10.0 Å². The third-order valence-electron chi connectivity index (χ3n) is 4.48. The van der Waals surface area contributed by atoms with Crippen LogP contribution in [0.2, 0.25) is 4.34 Å². The summed E-state index contributed by atoms with van der Waals surface area (Å²) in [6, 6.07) is 4.91. The molecule has 3 heterocycles. The van der Waals surface area contributed by atoms with E-state index >= 15 is 0 Å². The number of halogens is 1. The number of aryl methyl sites for hydroxylation is 2. The summed E-state index contributed by atoms with van der Waals surface area (Å²) >= 11 is 6.81. The van der Waals surface area contributed by atoms with Gasteiger partial charge in [0.05, 0.1) is 10.9 Å². The normalized spacial score (nSPS) is 15.3. The number of sulfonamides is 1. The van der Waals surface area contributed by atoms with E-state index in [-0.39, 0.29) is 16.7 Å². The average Bonchev–Trinajstić information content (AvgIpc) is 3.08. The first-order chi connectivity index (χ1) is 13.2. The van der Waals surface area contributed by atoms with Crippen LogP contribution in [0.25, 0.3) is 0 Å². The van der Waals surface area contributed by atoms with E-state index in [1.54, 1.807) is 4.90 Å². The van der Waals surface area contributed by atoms with E-state index in [1.165, 1.54) is 19.2 Å². The van der Waals surface area contributed by atoms with Crippen LogP contribution >= 0.6 is 22.9 Å². The number of aromatic nitrogens is 2. The molecule has 8 nitrogen and oxygen atoms in total. The number of hydrogen-bond acceptors (Lipinski definition) is 7. The zero-order valence-electron chi connectivity index (χ0n) is 15.9. The van der Waals surface area contributed by atoms with Gasteiger partial charge in [0, 0.05) is 45.0 Å². The maximum absolute atomic E-state index is 12.6. The summed E-state index contributed by atoms with van der Waals surface area (Å²) in [6.45, 7) is 5.88. The van der Waals surface area contributed by atoms with Crippen molar-refractivity contribution in [3.8, 4) is 0 Å². The molecule has 2 aromatic heterocycles. The summed E-state index contributed by atoms with van der Waals surface area (Å²) in [6.07, 6.45) is 0. The molecule has 152 valence electrons. The Morgan fingerprint density at radius 3 is 2.46 bits per heavy atom. The summed E-state index contributed by atoms with van der Waals surface area (Å²) in [5.74, 6) is 1.35. The number of hydrogen-bond donors (Lipinski definition) is 0. The zero-order valence-corrected chi connectivity index (χ0v) is 18.3. The van der Waals surface area contributed by atoms with Crippen molar-refractivity contribution in [3.63, 3.8) is 0 Å². The van der Waals surface area contributed by atoms with Gasteiger partial charge >= 0.3 is 0 Å². The van der Waals surface area contributed by atoms with E-state index in [4.69, 9.17) is 11.6 Å². The third kappa shape index (κ3) is 4.62. The molecule has 1 aliphatic rings. The van der Waals surface area contributed by atoms with Gasteiger partial charge in [-0.15, -0.1) is 11.3 Å². The number of thiophene rings is 1. The molecular weight excluding hydrogens is 422 g/mol. The standard InChI is InChI=1S/C17H22ClN5O3S2/c1-12-10-15(20-13(2)19-12)22-6-8-23(9-7-22)16(24)11-21(3)28(25,26)17-5-4-14(18)27-17/h4-5,10H,6-9,11H2,1-3H3. The first kappa shape index (κ1) is 21.0. The summed E-state index contributed by atoms with van der Waals surface area (Å²) < 4.78 is 26.7. The van der Waals surface area contributed by atoms with E-state index in [1.807, 2.05) is 19.9 Å². The predicted octanol–water partition coefficient (Wildman–Crippen LogP) is 1.78. The van der Waals surface area contributed by atoms with Gasteiger partial charge in [0.25, 0.3) is 10.0 Å². The van der Waals surface area contributed by atoms with Gasteiger partial charge in [-0.1, -0.05) is 11.6 Å². The minimum Gasteiger partial charge on any atom is -0.353 e. The Balaban J connectivity index is 1.59. The number of rotatable bonds is 5. The highest BCUT2D eigenvalue weighted by Gasteiger charge is 2.28. The molecule has 1 saturated heterocycles. The number of likely N-dealkylation sites (N-methyl/N-ethyl adjacent to an activating group) is 1. The second kappa shape index (κ2) is 8.32. The van der Waals surface area contributed by atoms with E-state index in [0.717, 1.165) is 27.2 Å². The lowest BCUT2D eigenvalue weighted by atomic mass is 10.3. The second-order valence-corrected chi connectivity index (χ2v) is 10.6. The Kier molecular flexibility index (Phi) is 6.23. The van der Waals surface area contributed by atoms with Crippen LogP contribution in [0.3, 0.4) is 0 Å². The van der Waals surface area contributed by atoms with Gasteiger partial charge in [-0.25, -0.2) is 18.4 Å². The number of carbonyl (C=O) groups excluding carboxylic acids is 1. The van der Waals surface area contributed by atoms with Crippen molar-refractivity contribution in [2.75, 3.05) is 44.7 Å². The predicted molar refractivity (Wildman–Crippen MR) is 109 cm³/mol. The quantitative estimate of drug-likeness (QED) is 0.700. The lowest BCUT2D eigenvalue weighted by Gasteiger charge is -2.36. The summed E-state index contributed by atoms with van der Waals surface area (Å²) in [5, 5.41) is 0. The van der Waals surface area contributed by atoms with Crippen LogP contribution in [0.5, 0.6) is 0 Å². The zero-order chi connectivity index (χ0) is 20.5. The molecule has 0 aliphatic carbocycles. The van der Waals surface area contributed by atoms with Crippen molar-refractivity contribution < 1.29 is 13.2 Å². The molecule has 0 atom stereocenters. The van der Waals surface area contributed by atoms with Crippen molar-refractivity contribution in [2.45, 2.75) is 18.1 Å². The Hall–Kier alpha value is -1.75. The minimum atomic E-state index is -3.72. The Morgan fingerprint density at radius 1 is 1.21 bits per heavy atom. The van der Waals surface area contributed by atoms with Crippen molar-refractivity contribution in [3.05, 3.63) is 34.1 Å². The molecule has 0 unspecified atom stereocenters. The molecule has 3 rings (SSSR count). The minimum absolute atomic E-state index is 0.132. The third-order valence-corrected chi connectivity index (χ3v) is 7.98. The highest BCUT2D eigenvalue weighted by molar-refractivity contribution is 7.91. The smallest absolute Gasteiger partial charge is 0.252 e. The van der Waals surface area contributed by atoms with Crippen LogP contribution in [0.4, 0.5) is 5.82 Å². The summed E-state index contributed by atoms with van der Waals surface area (Å²) in [7, 11) is -2.32. The molecule has 1 fully saturated rings. The van der Waals surface area contributed by atoms with Gasteiger partial charge in [0.15, 0.2) is 0 Å². The van der Waals surface area contributed by atoms with Gasteiger partial charge in [0.1, 0.15) is 15.9 Å². The lowest BCUT2D eigenvalue weighted by Crippen LogP contribution is -2.51. The fourth-order valence-corrected chi connectivity index (χ4v) is 5.82. The molecule has 0 radical (unpaired) electrons. The Morgan fingerprint density at radius 2 is 1.89 bits per heavy atom. The highest BCUT2D eigenvalue weighted by atomic mass is 35.5. The second-order valence-electron chi connectivity index (χ2n) is 6.60. The van der Waals surface area contributed by atoms with Gasteiger partial charge in [-0.2, -0.15) is 4.31 Å². The van der Waals surface area contributed by atoms with Crippen LogP contribution in [0.1, 0.15) is 11.5 Å². The van der Waals surface area contributed by atoms with Gasteiger partial charge < -0.3 is 9.80 Å². The van der Waals surface area contributed by atoms with Crippen LogP contribution in [0.15, 0.2) is 22.4 Å². The molecule has 0 spiro atoms. The number of anilines is 1. The van der Waals surface area contributed by atoms with Crippen molar-refractivity contribution in [1.82, 2.24) is 19.2 Å². The maximum atomic E-state index is 12.6. The van der Waals surface area contributed by atoms with Crippen LogP contribution in [0, 0.1) is 13.8 Å². The molecule has 28 heavy (non-hydrogen) atoms. The van der Waals surface area contributed by atoms with Gasteiger partial charge in [-0.3, -0.25) is 4.79 Å². The molecule has 0 aromatic carbocycles. The van der Waals surface area contributed by atoms with Crippen LogP contribution in [-0.4, -0.2) is 73.3 Å². The first-order valence-corrected chi connectivity index (χ1v) is 11.4. The van der Waals surface area contributed by atoms with E-state index in [0.29, 0.717) is 36.3 Å². The number of amides is 1. The Labute approximate surface area is 173 Å². The monoisotopic (exact) mass is 443 g/mol. The fourth-order valence-electron chi connectivity index (χ4n) is 3.01. The topological polar surface area (TPSA) is 86.7 Å². The summed E-state index contributed by atoms with van der Waals surface area (Å²) in [5.41, 5.74) is 0.904. The van der Waals surface area contributed by atoms with Gasteiger partial charge in [0.2, 0.25) is 5.91 Å². The van der Waals surface area contributed by atoms with Crippen LogP contribution < -0.4 is 4.90 Å².